The van der Waals surface area contributed by atoms with Crippen molar-refractivity contribution in [1.29, 1.82) is 0 Å². The minimum absolute atomic E-state index is 0.985. The molecule has 60 valence electrons. The highest BCUT2D eigenvalue weighted by Crippen LogP contribution is 2.32. The minimum Gasteiger partial charge on any atom is -0.162 e. The lowest BCUT2D eigenvalue weighted by Gasteiger charge is -2.26. The smallest absolute Gasteiger partial charge is 0.00469 e. The van der Waals surface area contributed by atoms with E-state index < -0.39 is 0 Å². The lowest BCUT2D eigenvalue weighted by atomic mass is 9.87. The fraction of sp³-hybridized carbons (Fsp3) is 1.00. The van der Waals surface area contributed by atoms with Crippen LogP contribution in [0, 0.1) is 5.92 Å². The van der Waals surface area contributed by atoms with E-state index >= 15 is 0 Å². The Balaban J connectivity index is 2.25. The molecule has 1 saturated carbocycles. The van der Waals surface area contributed by atoms with Crippen molar-refractivity contribution in [3.05, 3.63) is 0 Å². The minimum atomic E-state index is 0.985. The second-order valence-corrected chi connectivity index (χ2v) is 4.44. The Hall–Kier alpha value is 0.350. The van der Waals surface area contributed by atoms with Crippen molar-refractivity contribution in [3.63, 3.8) is 0 Å². The predicted molar refractivity (Wildman–Crippen MR) is 49.6 cm³/mol. The Morgan fingerprint density at radius 2 is 2.20 bits per heavy atom. The summed E-state index contributed by atoms with van der Waals surface area (Å²) in [6.45, 7) is 2.33. The number of rotatable bonds is 2. The van der Waals surface area contributed by atoms with Crippen LogP contribution in [0.1, 0.15) is 39.0 Å². The van der Waals surface area contributed by atoms with Crippen LogP contribution >= 0.6 is 11.8 Å². The Kier molecular flexibility index (Phi) is 3.61. The lowest BCUT2D eigenvalue weighted by Crippen LogP contribution is -2.16. The third kappa shape index (κ3) is 2.19. The first-order chi connectivity index (χ1) is 4.86. The predicted octanol–water partition coefficient (Wildman–Crippen LogP) is 3.32. The Labute approximate surface area is 68.8 Å². The highest BCUT2D eigenvalue weighted by atomic mass is 32.2. The number of hydrogen-bond donors (Lipinski definition) is 0. The van der Waals surface area contributed by atoms with Crippen molar-refractivity contribution < 1.29 is 0 Å². The van der Waals surface area contributed by atoms with Crippen molar-refractivity contribution in [2.24, 2.45) is 5.92 Å². The molecule has 1 aliphatic rings. The van der Waals surface area contributed by atoms with Gasteiger partial charge in [-0.25, -0.2) is 0 Å². The van der Waals surface area contributed by atoms with Crippen LogP contribution in [-0.2, 0) is 0 Å². The third-order valence-corrected chi connectivity index (χ3v) is 3.74. The van der Waals surface area contributed by atoms with Gasteiger partial charge in [0.1, 0.15) is 0 Å². The molecule has 1 fully saturated rings. The van der Waals surface area contributed by atoms with E-state index in [0.29, 0.717) is 0 Å². The van der Waals surface area contributed by atoms with E-state index in [0.717, 1.165) is 11.2 Å². The largest absolute Gasteiger partial charge is 0.162 e. The summed E-state index contributed by atoms with van der Waals surface area (Å²) in [5, 5.41) is 0.985. The average Bonchev–Trinajstić information content (AvgIpc) is 2.05. The van der Waals surface area contributed by atoms with Crippen LogP contribution in [0.25, 0.3) is 0 Å². The summed E-state index contributed by atoms with van der Waals surface area (Å²) in [6.07, 6.45) is 9.58. The molecule has 0 heterocycles. The maximum Gasteiger partial charge on any atom is 0.00469 e. The van der Waals surface area contributed by atoms with Crippen LogP contribution < -0.4 is 0 Å². The molecule has 0 amide bonds. The summed E-state index contributed by atoms with van der Waals surface area (Å²) in [5.41, 5.74) is 0. The van der Waals surface area contributed by atoms with E-state index in [-0.39, 0.29) is 0 Å². The molecular weight excluding hydrogens is 140 g/mol. The standard InChI is InChI=1S/C9H18S/c1-3-8-5-4-6-9(7-8)10-2/h8-9H,3-7H2,1-2H3. The first-order valence-corrected chi connectivity index (χ1v) is 5.68. The molecule has 0 aromatic carbocycles. The van der Waals surface area contributed by atoms with Gasteiger partial charge in [-0.2, -0.15) is 11.8 Å². The first kappa shape index (κ1) is 8.45. The van der Waals surface area contributed by atoms with Crippen molar-refractivity contribution in [2.75, 3.05) is 6.26 Å². The second-order valence-electron chi connectivity index (χ2n) is 3.30. The zero-order chi connectivity index (χ0) is 7.40. The molecule has 0 spiro atoms. The zero-order valence-corrected chi connectivity index (χ0v) is 7.91. The van der Waals surface area contributed by atoms with Crippen molar-refractivity contribution >= 4 is 11.8 Å². The van der Waals surface area contributed by atoms with Crippen LogP contribution in [0.2, 0.25) is 0 Å². The topological polar surface area (TPSA) is 0 Å². The van der Waals surface area contributed by atoms with Gasteiger partial charge in [0.25, 0.3) is 0 Å². The molecule has 0 aromatic rings. The van der Waals surface area contributed by atoms with Gasteiger partial charge < -0.3 is 0 Å². The summed E-state index contributed by atoms with van der Waals surface area (Å²) in [5.74, 6) is 1.05. The molecule has 1 aliphatic carbocycles. The second kappa shape index (κ2) is 4.27. The Morgan fingerprint density at radius 3 is 2.80 bits per heavy atom. The van der Waals surface area contributed by atoms with Crippen LogP contribution in [-0.4, -0.2) is 11.5 Å². The van der Waals surface area contributed by atoms with Crippen LogP contribution in [0.5, 0.6) is 0 Å². The summed E-state index contributed by atoms with van der Waals surface area (Å²) in [4.78, 5) is 0. The maximum atomic E-state index is 2.33. The number of thioether (sulfide) groups is 1. The van der Waals surface area contributed by atoms with E-state index in [1.54, 1.807) is 0 Å². The van der Waals surface area contributed by atoms with E-state index in [2.05, 4.69) is 24.9 Å². The molecule has 2 unspecified atom stereocenters. The highest BCUT2D eigenvalue weighted by molar-refractivity contribution is 7.99. The lowest BCUT2D eigenvalue weighted by molar-refractivity contribution is 0.357. The van der Waals surface area contributed by atoms with Gasteiger partial charge >= 0.3 is 0 Å². The molecule has 1 heteroatoms. The van der Waals surface area contributed by atoms with Gasteiger partial charge in [0, 0.05) is 5.25 Å². The van der Waals surface area contributed by atoms with Gasteiger partial charge in [0.15, 0.2) is 0 Å². The Bertz CT molecular complexity index is 80.7. The zero-order valence-electron chi connectivity index (χ0n) is 7.10. The van der Waals surface area contributed by atoms with Crippen LogP contribution in [0.4, 0.5) is 0 Å². The Morgan fingerprint density at radius 1 is 1.40 bits per heavy atom. The highest BCUT2D eigenvalue weighted by Gasteiger charge is 2.19. The molecule has 0 N–H and O–H groups in total. The molecule has 0 aliphatic heterocycles. The quantitative estimate of drug-likeness (QED) is 0.594. The molecule has 2 atom stereocenters. The third-order valence-electron chi connectivity index (χ3n) is 2.65. The van der Waals surface area contributed by atoms with Crippen molar-refractivity contribution in [1.82, 2.24) is 0 Å². The summed E-state index contributed by atoms with van der Waals surface area (Å²) >= 11 is 2.06. The van der Waals surface area contributed by atoms with E-state index in [4.69, 9.17) is 0 Å². The molecule has 0 aromatic heterocycles. The fourth-order valence-electron chi connectivity index (χ4n) is 1.83. The summed E-state index contributed by atoms with van der Waals surface area (Å²) in [7, 11) is 0. The molecule has 0 saturated heterocycles. The van der Waals surface area contributed by atoms with E-state index in [1.807, 2.05) is 0 Å². The molecule has 0 bridgehead atoms. The average molecular weight is 158 g/mol. The SMILES string of the molecule is CCC1CCCC(SC)C1. The normalized spacial score (nSPS) is 34.2. The number of hydrogen-bond acceptors (Lipinski definition) is 1. The molecule has 0 nitrogen and oxygen atoms in total. The molecule has 1 rings (SSSR count). The van der Waals surface area contributed by atoms with Gasteiger partial charge in [0.2, 0.25) is 0 Å². The monoisotopic (exact) mass is 158 g/mol. The fourth-order valence-corrected chi connectivity index (χ4v) is 2.69. The molecular formula is C9H18S. The molecule has 10 heavy (non-hydrogen) atoms. The summed E-state index contributed by atoms with van der Waals surface area (Å²) < 4.78 is 0. The van der Waals surface area contributed by atoms with E-state index in [1.165, 1.54) is 32.1 Å². The van der Waals surface area contributed by atoms with Gasteiger partial charge in [-0.1, -0.05) is 26.2 Å². The van der Waals surface area contributed by atoms with Crippen LogP contribution in [0.15, 0.2) is 0 Å². The molecule has 0 radical (unpaired) electrons. The van der Waals surface area contributed by atoms with Gasteiger partial charge in [0.05, 0.1) is 0 Å². The maximum absolute atomic E-state index is 2.33. The van der Waals surface area contributed by atoms with Gasteiger partial charge in [-0.15, -0.1) is 0 Å². The van der Waals surface area contributed by atoms with Crippen LogP contribution in [0.3, 0.4) is 0 Å². The first-order valence-electron chi connectivity index (χ1n) is 4.39. The van der Waals surface area contributed by atoms with Gasteiger partial charge in [-0.3, -0.25) is 0 Å². The van der Waals surface area contributed by atoms with Gasteiger partial charge in [-0.05, 0) is 25.0 Å². The van der Waals surface area contributed by atoms with Crippen molar-refractivity contribution in [3.8, 4) is 0 Å². The van der Waals surface area contributed by atoms with E-state index in [9.17, 15) is 0 Å². The summed E-state index contributed by atoms with van der Waals surface area (Å²) in [6, 6.07) is 0. The van der Waals surface area contributed by atoms with Crippen molar-refractivity contribution in [2.45, 2.75) is 44.3 Å².